The highest BCUT2D eigenvalue weighted by molar-refractivity contribution is 5.82. The van der Waals surface area contributed by atoms with E-state index in [4.69, 9.17) is 5.11 Å². The Morgan fingerprint density at radius 1 is 1.08 bits per heavy atom. The van der Waals surface area contributed by atoms with Gasteiger partial charge in [-0.1, -0.05) is 30.3 Å². The van der Waals surface area contributed by atoms with E-state index >= 15 is 0 Å². The smallest absolute Gasteiger partial charge is 0.223 e. The molecule has 0 spiro atoms. The van der Waals surface area contributed by atoms with Crippen LogP contribution in [0.25, 0.3) is 0 Å². The average Bonchev–Trinajstić information content (AvgIpc) is 3.39. The molecule has 2 unspecified atom stereocenters. The lowest BCUT2D eigenvalue weighted by atomic mass is 10.1. The maximum Gasteiger partial charge on any atom is 0.223 e. The summed E-state index contributed by atoms with van der Waals surface area (Å²) in [5.74, 6) is -1.97. The van der Waals surface area contributed by atoms with E-state index in [1.165, 1.54) is 6.07 Å². The number of benzene rings is 2. The van der Waals surface area contributed by atoms with Gasteiger partial charge in [0, 0.05) is 12.5 Å². The van der Waals surface area contributed by atoms with Gasteiger partial charge in [-0.3, -0.25) is 4.79 Å². The van der Waals surface area contributed by atoms with Gasteiger partial charge in [0.1, 0.15) is 0 Å². The fourth-order valence-corrected chi connectivity index (χ4v) is 2.87. The van der Waals surface area contributed by atoms with Crippen molar-refractivity contribution in [2.75, 3.05) is 6.54 Å². The first kappa shape index (κ1) is 16.6. The fourth-order valence-electron chi connectivity index (χ4n) is 2.87. The molecule has 2 atom stereocenters. The molecule has 0 bridgehead atoms. The molecule has 24 heavy (non-hydrogen) atoms. The van der Waals surface area contributed by atoms with Crippen LogP contribution in [-0.2, 0) is 17.8 Å². The molecule has 1 aliphatic carbocycles. The Bertz CT molecular complexity index is 731. The van der Waals surface area contributed by atoms with Gasteiger partial charge >= 0.3 is 0 Å². The molecule has 2 N–H and O–H groups in total. The third-order valence-corrected chi connectivity index (χ3v) is 4.42. The average molecular weight is 331 g/mol. The zero-order valence-electron chi connectivity index (χ0n) is 13.1. The Labute approximate surface area is 139 Å². The normalized spacial score (nSPS) is 19.1. The summed E-state index contributed by atoms with van der Waals surface area (Å²) in [5, 5.41) is 11.9. The highest BCUT2D eigenvalue weighted by Gasteiger charge is 2.43. The topological polar surface area (TPSA) is 49.3 Å². The van der Waals surface area contributed by atoms with Crippen LogP contribution in [0, 0.1) is 17.6 Å². The number of nitrogens with one attached hydrogen (secondary N) is 1. The van der Waals surface area contributed by atoms with Crippen molar-refractivity contribution in [1.29, 1.82) is 0 Å². The van der Waals surface area contributed by atoms with Gasteiger partial charge in [-0.05, 0) is 47.6 Å². The molecule has 1 aliphatic rings. The predicted molar refractivity (Wildman–Crippen MR) is 86.3 cm³/mol. The van der Waals surface area contributed by atoms with Crippen molar-refractivity contribution >= 4 is 5.91 Å². The molecule has 2 aromatic carbocycles. The lowest BCUT2D eigenvalue weighted by molar-refractivity contribution is -0.122. The highest BCUT2D eigenvalue weighted by atomic mass is 19.2. The standard InChI is InChI=1S/C19H19F2NO2/c20-17-6-5-14(9-18(17)21)15-10-16(15)19(24)22-8-7-12-1-3-13(11-23)4-2-12/h1-6,9,15-16,23H,7-8,10-11H2,(H,22,24). The highest BCUT2D eigenvalue weighted by Crippen LogP contribution is 2.47. The van der Waals surface area contributed by atoms with E-state index < -0.39 is 11.6 Å². The van der Waals surface area contributed by atoms with Crippen molar-refractivity contribution in [2.24, 2.45) is 5.92 Å². The molecule has 3 nitrogen and oxygen atoms in total. The molecule has 1 saturated carbocycles. The van der Waals surface area contributed by atoms with Crippen molar-refractivity contribution < 1.29 is 18.7 Å². The number of rotatable bonds is 6. The zero-order valence-corrected chi connectivity index (χ0v) is 13.1. The minimum atomic E-state index is -0.870. The predicted octanol–water partition coefficient (Wildman–Crippen LogP) is 2.92. The van der Waals surface area contributed by atoms with E-state index in [0.717, 1.165) is 17.2 Å². The van der Waals surface area contributed by atoms with Gasteiger partial charge in [-0.15, -0.1) is 0 Å². The Morgan fingerprint density at radius 2 is 1.79 bits per heavy atom. The number of aliphatic hydroxyl groups excluding tert-OH is 1. The van der Waals surface area contributed by atoms with Crippen LogP contribution in [-0.4, -0.2) is 17.6 Å². The van der Waals surface area contributed by atoms with Gasteiger partial charge in [0.25, 0.3) is 0 Å². The number of aliphatic hydroxyl groups is 1. The first-order valence-corrected chi connectivity index (χ1v) is 8.00. The van der Waals surface area contributed by atoms with Gasteiger partial charge < -0.3 is 10.4 Å². The van der Waals surface area contributed by atoms with Crippen LogP contribution in [0.15, 0.2) is 42.5 Å². The van der Waals surface area contributed by atoms with Gasteiger partial charge in [-0.2, -0.15) is 0 Å². The second kappa shape index (κ2) is 7.09. The van der Waals surface area contributed by atoms with E-state index in [9.17, 15) is 13.6 Å². The summed E-state index contributed by atoms with van der Waals surface area (Å²) < 4.78 is 26.2. The van der Waals surface area contributed by atoms with Crippen molar-refractivity contribution in [3.05, 3.63) is 70.8 Å². The Morgan fingerprint density at radius 3 is 2.46 bits per heavy atom. The quantitative estimate of drug-likeness (QED) is 0.855. The largest absolute Gasteiger partial charge is 0.392 e. The van der Waals surface area contributed by atoms with E-state index in [2.05, 4.69) is 5.32 Å². The molecule has 0 heterocycles. The van der Waals surface area contributed by atoms with Gasteiger partial charge in [0.15, 0.2) is 11.6 Å². The molecule has 1 fully saturated rings. The number of halogens is 2. The molecular formula is C19H19F2NO2. The lowest BCUT2D eigenvalue weighted by Gasteiger charge is -2.06. The number of carbonyl (C=O) groups excluding carboxylic acids is 1. The SMILES string of the molecule is O=C(NCCc1ccc(CO)cc1)C1CC1c1ccc(F)c(F)c1. The van der Waals surface area contributed by atoms with E-state index in [1.54, 1.807) is 6.07 Å². The molecular weight excluding hydrogens is 312 g/mol. The number of hydrogen-bond acceptors (Lipinski definition) is 2. The summed E-state index contributed by atoms with van der Waals surface area (Å²) in [6.07, 6.45) is 1.38. The lowest BCUT2D eigenvalue weighted by Crippen LogP contribution is -2.27. The third-order valence-electron chi connectivity index (χ3n) is 4.42. The van der Waals surface area contributed by atoms with Crippen LogP contribution in [0.1, 0.15) is 29.0 Å². The van der Waals surface area contributed by atoms with Crippen LogP contribution in [0.5, 0.6) is 0 Å². The van der Waals surface area contributed by atoms with Gasteiger partial charge in [-0.25, -0.2) is 8.78 Å². The first-order chi connectivity index (χ1) is 11.6. The summed E-state index contributed by atoms with van der Waals surface area (Å²) in [7, 11) is 0. The number of carbonyl (C=O) groups is 1. The van der Waals surface area contributed by atoms with Crippen molar-refractivity contribution in [2.45, 2.75) is 25.4 Å². The van der Waals surface area contributed by atoms with Crippen LogP contribution in [0.4, 0.5) is 8.78 Å². The molecule has 0 aromatic heterocycles. The Balaban J connectivity index is 1.47. The van der Waals surface area contributed by atoms with Crippen LogP contribution < -0.4 is 5.32 Å². The molecule has 126 valence electrons. The van der Waals surface area contributed by atoms with Crippen molar-refractivity contribution in [3.8, 4) is 0 Å². The zero-order chi connectivity index (χ0) is 17.1. The number of hydrogen-bond donors (Lipinski definition) is 2. The Hall–Kier alpha value is -2.27. The molecule has 0 saturated heterocycles. The maximum atomic E-state index is 13.2. The van der Waals surface area contributed by atoms with E-state index in [0.29, 0.717) is 24.9 Å². The van der Waals surface area contributed by atoms with E-state index in [-0.39, 0.29) is 24.3 Å². The summed E-state index contributed by atoms with van der Waals surface area (Å²) in [6.45, 7) is 0.544. The Kier molecular flexibility index (Phi) is 4.90. The molecule has 3 rings (SSSR count). The number of amides is 1. The van der Waals surface area contributed by atoms with Crippen molar-refractivity contribution in [1.82, 2.24) is 5.32 Å². The maximum absolute atomic E-state index is 13.2. The van der Waals surface area contributed by atoms with Crippen LogP contribution in [0.3, 0.4) is 0 Å². The van der Waals surface area contributed by atoms with Crippen LogP contribution >= 0.6 is 0 Å². The van der Waals surface area contributed by atoms with Crippen molar-refractivity contribution in [3.63, 3.8) is 0 Å². The van der Waals surface area contributed by atoms with E-state index in [1.807, 2.05) is 24.3 Å². The van der Waals surface area contributed by atoms with Gasteiger partial charge in [0.2, 0.25) is 5.91 Å². The first-order valence-electron chi connectivity index (χ1n) is 8.00. The minimum Gasteiger partial charge on any atom is -0.392 e. The monoisotopic (exact) mass is 331 g/mol. The summed E-state index contributed by atoms with van der Waals surface area (Å²) in [6, 6.07) is 11.4. The van der Waals surface area contributed by atoms with Crippen LogP contribution in [0.2, 0.25) is 0 Å². The second-order valence-corrected chi connectivity index (χ2v) is 6.14. The third kappa shape index (κ3) is 3.79. The molecule has 5 heteroatoms. The minimum absolute atomic E-state index is 0.0179. The fraction of sp³-hybridized carbons (Fsp3) is 0.316. The second-order valence-electron chi connectivity index (χ2n) is 6.14. The molecule has 1 amide bonds. The molecule has 0 aliphatic heterocycles. The van der Waals surface area contributed by atoms with Gasteiger partial charge in [0.05, 0.1) is 6.61 Å². The summed E-state index contributed by atoms with van der Waals surface area (Å²) in [5.41, 5.74) is 2.62. The molecule has 0 radical (unpaired) electrons. The summed E-state index contributed by atoms with van der Waals surface area (Å²) >= 11 is 0. The summed E-state index contributed by atoms with van der Waals surface area (Å²) in [4.78, 5) is 12.1. The molecule has 2 aromatic rings.